The van der Waals surface area contributed by atoms with Gasteiger partial charge >= 0.3 is 6.97 Å². The first-order chi connectivity index (χ1) is 11.3. The van der Waals surface area contributed by atoms with E-state index in [0.717, 1.165) is 11.1 Å². The van der Waals surface area contributed by atoms with Gasteiger partial charge in [-0.2, -0.15) is 0 Å². The summed E-state index contributed by atoms with van der Waals surface area (Å²) < 4.78 is 31.0. The Morgan fingerprint density at radius 2 is 1.08 bits per heavy atom. The van der Waals surface area contributed by atoms with Crippen LogP contribution < -0.4 is 9.62 Å². The molecule has 0 radical (unpaired) electrons. The van der Waals surface area contributed by atoms with E-state index in [9.17, 15) is 0 Å². The standard InChI is InChI=1S/C19H24BF2N2/c1-14-5-9-18(10-6-14)23-16(3)13-17(4)24(20(23,21)22)19-11-7-15(2)8-12-19/h5-12,16-17H,13H2,1-4H3/q-1. The summed E-state index contributed by atoms with van der Waals surface area (Å²) in [7, 11) is 0. The average molecular weight is 329 g/mol. The number of hydrogen-bond donors (Lipinski definition) is 0. The molecule has 0 amide bonds. The number of aryl methyl sites for hydroxylation is 2. The van der Waals surface area contributed by atoms with Crippen LogP contribution in [0.2, 0.25) is 0 Å². The van der Waals surface area contributed by atoms with E-state index in [2.05, 4.69) is 0 Å². The van der Waals surface area contributed by atoms with Crippen LogP contribution in [0.4, 0.5) is 20.0 Å². The highest BCUT2D eigenvalue weighted by atomic mass is 19.2. The summed E-state index contributed by atoms with van der Waals surface area (Å²) in [4.78, 5) is 2.61. The van der Waals surface area contributed by atoms with Gasteiger partial charge in [0.2, 0.25) is 0 Å². The number of benzene rings is 2. The molecule has 0 bridgehead atoms. The Balaban J connectivity index is 2.03. The highest BCUT2D eigenvalue weighted by Gasteiger charge is 2.47. The lowest BCUT2D eigenvalue weighted by Gasteiger charge is -2.59. The molecule has 1 aliphatic rings. The first-order valence-corrected chi connectivity index (χ1v) is 8.53. The van der Waals surface area contributed by atoms with Gasteiger partial charge in [0.25, 0.3) is 0 Å². The summed E-state index contributed by atoms with van der Waals surface area (Å²) in [6.07, 6.45) is 0.694. The van der Waals surface area contributed by atoms with Gasteiger partial charge in [-0.05, 0) is 70.5 Å². The van der Waals surface area contributed by atoms with Crippen molar-refractivity contribution in [3.8, 4) is 0 Å². The zero-order chi connectivity index (χ0) is 17.5. The van der Waals surface area contributed by atoms with Crippen LogP contribution in [0.25, 0.3) is 0 Å². The number of anilines is 2. The second-order valence-electron chi connectivity index (χ2n) is 7.01. The predicted octanol–water partition coefficient (Wildman–Crippen LogP) is 5.17. The molecule has 2 unspecified atom stereocenters. The van der Waals surface area contributed by atoms with Crippen molar-refractivity contribution >= 4 is 18.3 Å². The van der Waals surface area contributed by atoms with E-state index < -0.39 is 6.97 Å². The first kappa shape index (κ1) is 16.8. The third-order valence-corrected chi connectivity index (χ3v) is 4.97. The van der Waals surface area contributed by atoms with Gasteiger partial charge in [0.15, 0.2) is 0 Å². The van der Waals surface area contributed by atoms with Crippen molar-refractivity contribution in [2.24, 2.45) is 0 Å². The largest absolute Gasteiger partial charge is 0.525 e. The lowest BCUT2D eigenvalue weighted by molar-refractivity contribution is 0.442. The Labute approximate surface area is 143 Å². The first-order valence-electron chi connectivity index (χ1n) is 8.53. The predicted molar refractivity (Wildman–Crippen MR) is 98.8 cm³/mol. The van der Waals surface area contributed by atoms with Crippen molar-refractivity contribution in [1.82, 2.24) is 0 Å². The minimum absolute atomic E-state index is 0.209. The smallest absolute Gasteiger partial charge is 0.468 e. The second-order valence-corrected chi connectivity index (χ2v) is 7.01. The summed E-state index contributed by atoms with van der Waals surface area (Å²) in [6, 6.07) is 14.3. The molecule has 1 saturated heterocycles. The maximum absolute atomic E-state index is 15.5. The molecule has 3 rings (SSSR count). The lowest BCUT2D eigenvalue weighted by Crippen LogP contribution is -2.70. The number of halogens is 2. The third kappa shape index (κ3) is 2.88. The van der Waals surface area contributed by atoms with Gasteiger partial charge in [-0.1, -0.05) is 35.4 Å². The Morgan fingerprint density at radius 3 is 1.42 bits per heavy atom. The van der Waals surface area contributed by atoms with E-state index in [4.69, 9.17) is 0 Å². The fourth-order valence-corrected chi connectivity index (χ4v) is 3.77. The monoisotopic (exact) mass is 329 g/mol. The van der Waals surface area contributed by atoms with E-state index >= 15 is 8.63 Å². The summed E-state index contributed by atoms with van der Waals surface area (Å²) in [5.41, 5.74) is 3.31. The molecular weight excluding hydrogens is 305 g/mol. The molecule has 2 aromatic carbocycles. The van der Waals surface area contributed by atoms with Crippen molar-refractivity contribution in [2.45, 2.75) is 46.2 Å². The summed E-state index contributed by atoms with van der Waals surface area (Å²) in [5, 5.41) is 0. The van der Waals surface area contributed by atoms with Crippen LogP contribution in [-0.4, -0.2) is 19.1 Å². The van der Waals surface area contributed by atoms with Gasteiger partial charge in [0, 0.05) is 11.4 Å². The third-order valence-electron chi connectivity index (χ3n) is 4.97. The quantitative estimate of drug-likeness (QED) is 0.701. The van der Waals surface area contributed by atoms with Crippen LogP contribution >= 0.6 is 0 Å². The van der Waals surface area contributed by atoms with E-state index in [0.29, 0.717) is 17.8 Å². The zero-order valence-corrected chi connectivity index (χ0v) is 14.7. The molecule has 128 valence electrons. The molecule has 0 saturated carbocycles. The highest BCUT2D eigenvalue weighted by molar-refractivity contribution is 6.74. The van der Waals surface area contributed by atoms with Gasteiger partial charge in [0.05, 0.1) is 0 Å². The molecule has 2 nitrogen and oxygen atoms in total. The van der Waals surface area contributed by atoms with Gasteiger partial charge in [-0.15, -0.1) is 0 Å². The molecule has 24 heavy (non-hydrogen) atoms. The fourth-order valence-electron chi connectivity index (χ4n) is 3.77. The van der Waals surface area contributed by atoms with Crippen LogP contribution in [0.5, 0.6) is 0 Å². The van der Waals surface area contributed by atoms with Gasteiger partial charge in [0.1, 0.15) is 0 Å². The Kier molecular flexibility index (Phi) is 4.28. The summed E-state index contributed by atoms with van der Waals surface area (Å²) in [5.74, 6) is 0. The van der Waals surface area contributed by atoms with Crippen LogP contribution in [-0.2, 0) is 0 Å². The van der Waals surface area contributed by atoms with Gasteiger partial charge in [-0.25, -0.2) is 0 Å². The van der Waals surface area contributed by atoms with Crippen molar-refractivity contribution in [2.75, 3.05) is 9.62 Å². The SMILES string of the molecule is Cc1ccc(N2C(C)CC(C)N(c3ccc(C)cc3)[B-]2(F)F)cc1. The molecule has 2 atom stereocenters. The Hall–Kier alpha value is -2.04. The average Bonchev–Trinajstić information content (AvgIpc) is 2.50. The molecule has 0 aromatic heterocycles. The molecule has 1 fully saturated rings. The Bertz CT molecular complexity index is 641. The second kappa shape index (κ2) is 6.12. The molecule has 5 heteroatoms. The highest BCUT2D eigenvalue weighted by Crippen LogP contribution is 2.39. The molecule has 0 aliphatic carbocycles. The van der Waals surface area contributed by atoms with E-state index in [1.54, 1.807) is 24.3 Å². The van der Waals surface area contributed by atoms with Crippen molar-refractivity contribution in [1.29, 1.82) is 0 Å². The lowest BCUT2D eigenvalue weighted by atomic mass is 9.78. The number of nitrogens with zero attached hydrogens (tertiary/aromatic N) is 2. The van der Waals surface area contributed by atoms with Crippen molar-refractivity contribution in [3.05, 3.63) is 59.7 Å². The summed E-state index contributed by atoms with van der Waals surface area (Å²) >= 11 is 0. The van der Waals surface area contributed by atoms with E-state index in [-0.39, 0.29) is 12.1 Å². The topological polar surface area (TPSA) is 6.48 Å². The molecule has 2 aromatic rings. The maximum atomic E-state index is 15.5. The van der Waals surface area contributed by atoms with Crippen molar-refractivity contribution in [3.63, 3.8) is 0 Å². The van der Waals surface area contributed by atoms with Crippen LogP contribution in [0.15, 0.2) is 48.5 Å². The molecule has 0 spiro atoms. The molecule has 1 aliphatic heterocycles. The van der Waals surface area contributed by atoms with Crippen LogP contribution in [0.3, 0.4) is 0 Å². The minimum Gasteiger partial charge on any atom is -0.468 e. The number of hydrogen-bond acceptors (Lipinski definition) is 2. The molecule has 0 N–H and O–H groups in total. The zero-order valence-electron chi connectivity index (χ0n) is 14.7. The fraction of sp³-hybridized carbons (Fsp3) is 0.368. The molecular formula is C19H24BF2N2-. The van der Waals surface area contributed by atoms with Crippen molar-refractivity contribution < 1.29 is 8.63 Å². The van der Waals surface area contributed by atoms with E-state index in [1.807, 2.05) is 52.0 Å². The minimum atomic E-state index is -3.87. The molecule has 1 heterocycles. The number of rotatable bonds is 2. The van der Waals surface area contributed by atoms with Gasteiger partial charge in [-0.3, -0.25) is 0 Å². The normalized spacial score (nSPS) is 23.4. The maximum Gasteiger partial charge on any atom is 0.525 e. The Morgan fingerprint density at radius 1 is 0.750 bits per heavy atom. The van der Waals surface area contributed by atoms with Crippen LogP contribution in [0.1, 0.15) is 31.4 Å². The van der Waals surface area contributed by atoms with E-state index in [1.165, 1.54) is 9.62 Å². The van der Waals surface area contributed by atoms with Gasteiger partial charge < -0.3 is 18.3 Å². The summed E-state index contributed by atoms with van der Waals surface area (Å²) in [6.45, 7) is 3.84. The van der Waals surface area contributed by atoms with Crippen LogP contribution in [0, 0.1) is 13.8 Å².